The van der Waals surface area contributed by atoms with Crippen LogP contribution in [0.2, 0.25) is 0 Å². The average molecular weight is 202 g/mol. The molecule has 1 aliphatic carbocycles. The lowest BCUT2D eigenvalue weighted by atomic mass is 9.89. The predicted octanol–water partition coefficient (Wildman–Crippen LogP) is 3.99. The molecule has 0 atom stereocenters. The Balaban J connectivity index is 2.01. The SMILES string of the molecule is Oc1ccccc1C=CC1CCCCC1. The van der Waals surface area contributed by atoms with Gasteiger partial charge in [0.25, 0.3) is 0 Å². The summed E-state index contributed by atoms with van der Waals surface area (Å²) in [5.41, 5.74) is 0.933. The fourth-order valence-electron chi connectivity index (χ4n) is 2.19. The highest BCUT2D eigenvalue weighted by Gasteiger charge is 2.09. The molecular formula is C14H18O. The Labute approximate surface area is 91.4 Å². The summed E-state index contributed by atoms with van der Waals surface area (Å²) in [5, 5.41) is 9.59. The van der Waals surface area contributed by atoms with Gasteiger partial charge in [0, 0.05) is 5.56 Å². The number of allylic oxidation sites excluding steroid dienone is 1. The number of hydrogen-bond donors (Lipinski definition) is 1. The molecule has 0 aliphatic heterocycles. The van der Waals surface area contributed by atoms with E-state index in [4.69, 9.17) is 0 Å². The summed E-state index contributed by atoms with van der Waals surface area (Å²) < 4.78 is 0. The molecule has 0 heterocycles. The molecule has 0 amide bonds. The minimum atomic E-state index is 0.379. The van der Waals surface area contributed by atoms with E-state index in [1.54, 1.807) is 6.07 Å². The van der Waals surface area contributed by atoms with E-state index < -0.39 is 0 Å². The van der Waals surface area contributed by atoms with Crippen LogP contribution in [-0.4, -0.2) is 5.11 Å². The van der Waals surface area contributed by atoms with Crippen LogP contribution < -0.4 is 0 Å². The largest absolute Gasteiger partial charge is 0.507 e. The van der Waals surface area contributed by atoms with Crippen LogP contribution in [0.1, 0.15) is 37.7 Å². The molecular weight excluding hydrogens is 184 g/mol. The second kappa shape index (κ2) is 5.01. The van der Waals surface area contributed by atoms with Gasteiger partial charge < -0.3 is 5.11 Å². The van der Waals surface area contributed by atoms with Crippen molar-refractivity contribution in [1.29, 1.82) is 0 Å². The lowest BCUT2D eigenvalue weighted by Crippen LogP contribution is -2.02. The lowest BCUT2D eigenvalue weighted by molar-refractivity contribution is 0.420. The Hall–Kier alpha value is -1.24. The van der Waals surface area contributed by atoms with E-state index in [-0.39, 0.29) is 0 Å². The normalized spacial score (nSPS) is 18.4. The van der Waals surface area contributed by atoms with Gasteiger partial charge in [0.1, 0.15) is 5.75 Å². The molecule has 0 aromatic heterocycles. The molecule has 1 fully saturated rings. The number of benzene rings is 1. The molecule has 1 aliphatic rings. The summed E-state index contributed by atoms with van der Waals surface area (Å²) in [6, 6.07) is 7.50. The highest BCUT2D eigenvalue weighted by Crippen LogP contribution is 2.26. The molecule has 1 N–H and O–H groups in total. The first-order valence-electron chi connectivity index (χ1n) is 5.82. The van der Waals surface area contributed by atoms with Crippen molar-refractivity contribution in [3.8, 4) is 5.75 Å². The second-order valence-corrected chi connectivity index (χ2v) is 4.32. The smallest absolute Gasteiger partial charge is 0.122 e. The zero-order valence-electron chi connectivity index (χ0n) is 9.02. The molecule has 2 rings (SSSR count). The minimum absolute atomic E-state index is 0.379. The van der Waals surface area contributed by atoms with Gasteiger partial charge in [-0.1, -0.05) is 49.6 Å². The maximum atomic E-state index is 9.59. The molecule has 0 radical (unpaired) electrons. The third-order valence-corrected chi connectivity index (χ3v) is 3.13. The van der Waals surface area contributed by atoms with Gasteiger partial charge in [-0.25, -0.2) is 0 Å². The number of phenols is 1. The molecule has 1 aromatic rings. The van der Waals surface area contributed by atoms with Crippen molar-refractivity contribution < 1.29 is 5.11 Å². The standard InChI is InChI=1S/C14H18O/c15-14-9-5-4-8-13(14)11-10-12-6-2-1-3-7-12/h4-5,8-12,15H,1-3,6-7H2. The van der Waals surface area contributed by atoms with E-state index in [0.717, 1.165) is 11.5 Å². The molecule has 1 nitrogen and oxygen atoms in total. The predicted molar refractivity (Wildman–Crippen MR) is 63.7 cm³/mol. The molecule has 80 valence electrons. The van der Waals surface area contributed by atoms with Gasteiger partial charge in [-0.3, -0.25) is 0 Å². The molecule has 0 unspecified atom stereocenters. The van der Waals surface area contributed by atoms with E-state index in [1.165, 1.54) is 32.1 Å². The van der Waals surface area contributed by atoms with E-state index in [1.807, 2.05) is 18.2 Å². The quantitative estimate of drug-likeness (QED) is 0.769. The van der Waals surface area contributed by atoms with Crippen LogP contribution >= 0.6 is 0 Å². The summed E-state index contributed by atoms with van der Waals surface area (Å²) >= 11 is 0. The van der Waals surface area contributed by atoms with Gasteiger partial charge in [-0.15, -0.1) is 0 Å². The number of rotatable bonds is 2. The monoisotopic (exact) mass is 202 g/mol. The van der Waals surface area contributed by atoms with Gasteiger partial charge in [-0.2, -0.15) is 0 Å². The molecule has 1 heteroatoms. The maximum absolute atomic E-state index is 9.59. The first kappa shape index (κ1) is 10.3. The van der Waals surface area contributed by atoms with Crippen molar-refractivity contribution in [1.82, 2.24) is 0 Å². The van der Waals surface area contributed by atoms with Gasteiger partial charge >= 0.3 is 0 Å². The van der Waals surface area contributed by atoms with Crippen molar-refractivity contribution in [3.05, 3.63) is 35.9 Å². The minimum Gasteiger partial charge on any atom is -0.507 e. The fraction of sp³-hybridized carbons (Fsp3) is 0.429. The molecule has 0 bridgehead atoms. The summed E-state index contributed by atoms with van der Waals surface area (Å²) in [4.78, 5) is 0. The summed E-state index contributed by atoms with van der Waals surface area (Å²) in [6.45, 7) is 0. The van der Waals surface area contributed by atoms with E-state index in [0.29, 0.717) is 5.75 Å². The van der Waals surface area contributed by atoms with Crippen LogP contribution in [0.5, 0.6) is 5.75 Å². The molecule has 15 heavy (non-hydrogen) atoms. The van der Waals surface area contributed by atoms with Crippen LogP contribution in [0.3, 0.4) is 0 Å². The number of aromatic hydroxyl groups is 1. The Kier molecular flexibility index (Phi) is 3.44. The topological polar surface area (TPSA) is 20.2 Å². The Morgan fingerprint density at radius 3 is 2.53 bits per heavy atom. The van der Waals surface area contributed by atoms with Crippen molar-refractivity contribution in [2.75, 3.05) is 0 Å². The third kappa shape index (κ3) is 2.85. The van der Waals surface area contributed by atoms with Crippen LogP contribution in [-0.2, 0) is 0 Å². The fourth-order valence-corrected chi connectivity index (χ4v) is 2.19. The van der Waals surface area contributed by atoms with Gasteiger partial charge in [0.2, 0.25) is 0 Å². The maximum Gasteiger partial charge on any atom is 0.122 e. The van der Waals surface area contributed by atoms with Crippen molar-refractivity contribution in [3.63, 3.8) is 0 Å². The Morgan fingerprint density at radius 2 is 1.80 bits per heavy atom. The first-order chi connectivity index (χ1) is 7.36. The van der Waals surface area contributed by atoms with E-state index in [9.17, 15) is 5.11 Å². The van der Waals surface area contributed by atoms with E-state index >= 15 is 0 Å². The molecule has 0 spiro atoms. The highest BCUT2D eigenvalue weighted by molar-refractivity contribution is 5.56. The first-order valence-corrected chi connectivity index (χ1v) is 5.82. The van der Waals surface area contributed by atoms with Crippen LogP contribution in [0.15, 0.2) is 30.3 Å². The third-order valence-electron chi connectivity index (χ3n) is 3.13. The zero-order valence-corrected chi connectivity index (χ0v) is 9.02. The van der Waals surface area contributed by atoms with Crippen LogP contribution in [0.25, 0.3) is 6.08 Å². The van der Waals surface area contributed by atoms with Gasteiger partial charge in [0.15, 0.2) is 0 Å². The van der Waals surface area contributed by atoms with Crippen molar-refractivity contribution in [2.45, 2.75) is 32.1 Å². The van der Waals surface area contributed by atoms with Crippen LogP contribution in [0.4, 0.5) is 0 Å². The number of phenolic OH excluding ortho intramolecular Hbond substituents is 1. The Morgan fingerprint density at radius 1 is 1.07 bits per heavy atom. The highest BCUT2D eigenvalue weighted by atomic mass is 16.3. The molecule has 1 saturated carbocycles. The van der Waals surface area contributed by atoms with Crippen molar-refractivity contribution in [2.24, 2.45) is 5.92 Å². The molecule has 1 aromatic carbocycles. The number of para-hydroxylation sites is 1. The van der Waals surface area contributed by atoms with Crippen LogP contribution in [0, 0.1) is 5.92 Å². The summed E-state index contributed by atoms with van der Waals surface area (Å²) in [5.74, 6) is 1.10. The summed E-state index contributed by atoms with van der Waals surface area (Å²) in [7, 11) is 0. The van der Waals surface area contributed by atoms with Gasteiger partial charge in [0.05, 0.1) is 0 Å². The Bertz CT molecular complexity index is 335. The van der Waals surface area contributed by atoms with Gasteiger partial charge in [-0.05, 0) is 24.8 Å². The molecule has 0 saturated heterocycles. The average Bonchev–Trinajstić information content (AvgIpc) is 2.29. The number of hydrogen-bond acceptors (Lipinski definition) is 1. The zero-order chi connectivity index (χ0) is 10.5. The summed E-state index contributed by atoms with van der Waals surface area (Å²) in [6.07, 6.45) is 11.0. The van der Waals surface area contributed by atoms with E-state index in [2.05, 4.69) is 12.2 Å². The van der Waals surface area contributed by atoms with Crippen molar-refractivity contribution >= 4 is 6.08 Å². The second-order valence-electron chi connectivity index (χ2n) is 4.32. The lowest BCUT2D eigenvalue weighted by Gasteiger charge is -2.17.